The predicted octanol–water partition coefficient (Wildman–Crippen LogP) is 5.28. The molecular formula is C15H10ClF3N2. The lowest BCUT2D eigenvalue weighted by molar-refractivity contribution is -0.137. The highest BCUT2D eigenvalue weighted by atomic mass is 35.5. The lowest BCUT2D eigenvalue weighted by Gasteiger charge is -2.13. The molecule has 0 saturated heterocycles. The average Bonchev–Trinajstić information content (AvgIpc) is 2.41. The standard InChI is InChI=1S/C15H10ClF3N2/c1-9-2-4-14(12(16)6-9)21-13-5-3-11(15(17,18)19)7-10(13)8-20/h2-7,21H,1H3. The highest BCUT2D eigenvalue weighted by Gasteiger charge is 2.31. The van der Waals surface area contributed by atoms with Gasteiger partial charge in [0.1, 0.15) is 6.07 Å². The van der Waals surface area contributed by atoms with Crippen molar-refractivity contribution in [2.75, 3.05) is 5.32 Å². The van der Waals surface area contributed by atoms with Gasteiger partial charge in [0.15, 0.2) is 0 Å². The van der Waals surface area contributed by atoms with Gasteiger partial charge in [-0.25, -0.2) is 0 Å². The molecule has 2 nitrogen and oxygen atoms in total. The smallest absolute Gasteiger partial charge is 0.353 e. The van der Waals surface area contributed by atoms with Crippen LogP contribution in [0, 0.1) is 18.3 Å². The van der Waals surface area contributed by atoms with E-state index in [2.05, 4.69) is 5.32 Å². The number of nitriles is 1. The number of aryl methyl sites for hydroxylation is 1. The van der Waals surface area contributed by atoms with E-state index in [1.165, 1.54) is 6.07 Å². The Kier molecular flexibility index (Phi) is 4.10. The summed E-state index contributed by atoms with van der Waals surface area (Å²) in [5.41, 5.74) is 0.800. The molecule has 0 aromatic heterocycles. The number of hydrogen-bond donors (Lipinski definition) is 1. The zero-order chi connectivity index (χ0) is 15.6. The second-order valence-corrected chi connectivity index (χ2v) is 4.89. The SMILES string of the molecule is Cc1ccc(Nc2ccc(C(F)(F)F)cc2C#N)c(Cl)c1. The van der Waals surface area contributed by atoms with Gasteiger partial charge in [0.2, 0.25) is 0 Å². The summed E-state index contributed by atoms with van der Waals surface area (Å²) in [5.74, 6) is 0. The molecule has 2 aromatic rings. The van der Waals surface area contributed by atoms with Crippen molar-refractivity contribution in [2.24, 2.45) is 0 Å². The maximum Gasteiger partial charge on any atom is 0.416 e. The summed E-state index contributed by atoms with van der Waals surface area (Å²) in [5, 5.41) is 12.3. The molecule has 21 heavy (non-hydrogen) atoms. The van der Waals surface area contributed by atoms with Gasteiger partial charge in [0.25, 0.3) is 0 Å². The van der Waals surface area contributed by atoms with Gasteiger partial charge in [-0.2, -0.15) is 18.4 Å². The maximum absolute atomic E-state index is 12.6. The Bertz CT molecular complexity index is 718. The van der Waals surface area contributed by atoms with Crippen molar-refractivity contribution in [3.05, 3.63) is 58.1 Å². The summed E-state index contributed by atoms with van der Waals surface area (Å²) in [6.45, 7) is 1.87. The Labute approximate surface area is 124 Å². The summed E-state index contributed by atoms with van der Waals surface area (Å²) < 4.78 is 37.9. The molecule has 0 atom stereocenters. The minimum Gasteiger partial charge on any atom is -0.353 e. The third-order valence-corrected chi connectivity index (χ3v) is 3.17. The first-order valence-corrected chi connectivity index (χ1v) is 6.33. The zero-order valence-corrected chi connectivity index (χ0v) is 11.7. The van der Waals surface area contributed by atoms with Crippen LogP contribution in [0.25, 0.3) is 0 Å². The predicted molar refractivity (Wildman–Crippen MR) is 75.6 cm³/mol. The van der Waals surface area contributed by atoms with Crippen molar-refractivity contribution in [2.45, 2.75) is 13.1 Å². The van der Waals surface area contributed by atoms with Crippen molar-refractivity contribution >= 4 is 23.0 Å². The summed E-state index contributed by atoms with van der Waals surface area (Å²) in [6.07, 6.45) is -4.48. The van der Waals surface area contributed by atoms with E-state index >= 15 is 0 Å². The fourth-order valence-corrected chi connectivity index (χ4v) is 2.07. The molecule has 108 valence electrons. The van der Waals surface area contributed by atoms with E-state index in [9.17, 15) is 13.2 Å². The van der Waals surface area contributed by atoms with E-state index in [0.717, 1.165) is 17.7 Å². The number of hydrogen-bond acceptors (Lipinski definition) is 2. The second kappa shape index (κ2) is 5.66. The first-order chi connectivity index (χ1) is 9.81. The largest absolute Gasteiger partial charge is 0.416 e. The van der Waals surface area contributed by atoms with Crippen LogP contribution in [0.4, 0.5) is 24.5 Å². The number of alkyl halides is 3. The molecule has 6 heteroatoms. The first-order valence-electron chi connectivity index (χ1n) is 5.96. The van der Waals surface area contributed by atoms with Crippen LogP contribution in [-0.2, 0) is 6.18 Å². The second-order valence-electron chi connectivity index (χ2n) is 4.48. The van der Waals surface area contributed by atoms with Gasteiger partial charge < -0.3 is 5.32 Å². The van der Waals surface area contributed by atoms with Crippen molar-refractivity contribution in [1.29, 1.82) is 5.26 Å². The van der Waals surface area contributed by atoms with Crippen LogP contribution >= 0.6 is 11.6 Å². The van der Waals surface area contributed by atoms with Gasteiger partial charge in [-0.1, -0.05) is 17.7 Å². The maximum atomic E-state index is 12.6. The van der Waals surface area contributed by atoms with E-state index in [-0.39, 0.29) is 11.3 Å². The Morgan fingerprint density at radius 3 is 2.33 bits per heavy atom. The molecule has 1 N–H and O–H groups in total. The van der Waals surface area contributed by atoms with E-state index in [4.69, 9.17) is 16.9 Å². The molecule has 0 heterocycles. The van der Waals surface area contributed by atoms with Gasteiger partial charge >= 0.3 is 6.18 Å². The van der Waals surface area contributed by atoms with Crippen molar-refractivity contribution in [3.63, 3.8) is 0 Å². The Hall–Kier alpha value is -2.19. The van der Waals surface area contributed by atoms with E-state index < -0.39 is 11.7 Å². The van der Waals surface area contributed by atoms with Gasteiger partial charge in [0, 0.05) is 0 Å². The highest BCUT2D eigenvalue weighted by molar-refractivity contribution is 6.33. The Morgan fingerprint density at radius 2 is 1.76 bits per heavy atom. The van der Waals surface area contributed by atoms with Gasteiger partial charge in [-0.3, -0.25) is 0 Å². The van der Waals surface area contributed by atoms with E-state index in [1.807, 2.05) is 13.0 Å². The van der Waals surface area contributed by atoms with E-state index in [1.54, 1.807) is 18.2 Å². The molecule has 2 aromatic carbocycles. The van der Waals surface area contributed by atoms with Gasteiger partial charge in [-0.05, 0) is 42.8 Å². The van der Waals surface area contributed by atoms with Crippen LogP contribution in [0.1, 0.15) is 16.7 Å². The van der Waals surface area contributed by atoms with Crippen molar-refractivity contribution in [3.8, 4) is 6.07 Å². The topological polar surface area (TPSA) is 35.8 Å². The first kappa shape index (κ1) is 15.2. The number of anilines is 2. The molecule has 0 bridgehead atoms. The van der Waals surface area contributed by atoms with Crippen LogP contribution in [0.15, 0.2) is 36.4 Å². The van der Waals surface area contributed by atoms with Crippen molar-refractivity contribution in [1.82, 2.24) is 0 Å². The minimum atomic E-state index is -4.48. The normalized spacial score (nSPS) is 11.0. The molecule has 0 amide bonds. The molecule has 0 aliphatic heterocycles. The molecular weight excluding hydrogens is 301 g/mol. The summed E-state index contributed by atoms with van der Waals surface area (Å²) in [4.78, 5) is 0. The van der Waals surface area contributed by atoms with Gasteiger partial charge in [0.05, 0.1) is 27.5 Å². The third kappa shape index (κ3) is 3.47. The quantitative estimate of drug-likeness (QED) is 0.819. The molecule has 0 unspecified atom stereocenters. The molecule has 0 spiro atoms. The summed E-state index contributed by atoms with van der Waals surface area (Å²) in [7, 11) is 0. The van der Waals surface area contributed by atoms with Crippen LogP contribution in [0.2, 0.25) is 5.02 Å². The number of rotatable bonds is 2. The Balaban J connectivity index is 2.39. The highest BCUT2D eigenvalue weighted by Crippen LogP contribution is 2.33. The number of benzene rings is 2. The fraction of sp³-hybridized carbons (Fsp3) is 0.133. The van der Waals surface area contributed by atoms with Gasteiger partial charge in [-0.15, -0.1) is 0 Å². The van der Waals surface area contributed by atoms with Crippen LogP contribution in [0.3, 0.4) is 0 Å². The van der Waals surface area contributed by atoms with E-state index in [0.29, 0.717) is 10.7 Å². The lowest BCUT2D eigenvalue weighted by atomic mass is 10.1. The molecule has 0 saturated carbocycles. The van der Waals surface area contributed by atoms with Crippen LogP contribution in [0.5, 0.6) is 0 Å². The lowest BCUT2D eigenvalue weighted by Crippen LogP contribution is -2.06. The molecule has 0 aliphatic carbocycles. The summed E-state index contributed by atoms with van der Waals surface area (Å²) >= 11 is 6.05. The molecule has 0 radical (unpaired) electrons. The molecule has 0 aliphatic rings. The number of nitrogens with one attached hydrogen (secondary N) is 1. The van der Waals surface area contributed by atoms with Crippen LogP contribution in [-0.4, -0.2) is 0 Å². The fourth-order valence-electron chi connectivity index (χ4n) is 1.79. The third-order valence-electron chi connectivity index (χ3n) is 2.86. The Morgan fingerprint density at radius 1 is 1.10 bits per heavy atom. The number of nitrogens with zero attached hydrogens (tertiary/aromatic N) is 1. The molecule has 0 fully saturated rings. The number of halogens is 4. The van der Waals surface area contributed by atoms with Crippen LogP contribution < -0.4 is 5.32 Å². The monoisotopic (exact) mass is 310 g/mol. The average molecular weight is 311 g/mol. The molecule has 2 rings (SSSR count). The zero-order valence-electron chi connectivity index (χ0n) is 10.9. The van der Waals surface area contributed by atoms with Crippen molar-refractivity contribution < 1.29 is 13.2 Å². The minimum absolute atomic E-state index is 0.0959. The summed E-state index contributed by atoms with van der Waals surface area (Å²) in [6, 6.07) is 9.94.